The van der Waals surface area contributed by atoms with E-state index in [4.69, 9.17) is 9.97 Å². The molecule has 1 aromatic carbocycles. The minimum Gasteiger partial charge on any atom is -0.354 e. The summed E-state index contributed by atoms with van der Waals surface area (Å²) in [7, 11) is 7.90. The second-order valence-electron chi connectivity index (χ2n) is 10.6. The van der Waals surface area contributed by atoms with Gasteiger partial charge in [-0.05, 0) is 36.4 Å². The number of halogens is 1. The Kier molecular flexibility index (Phi) is 4.99. The van der Waals surface area contributed by atoms with Crippen molar-refractivity contribution in [3.8, 4) is 22.5 Å². The molecule has 8 rings (SSSR count). The van der Waals surface area contributed by atoms with E-state index in [0.717, 1.165) is 50.4 Å². The van der Waals surface area contributed by atoms with Gasteiger partial charge in [-0.3, -0.25) is 0 Å². The van der Waals surface area contributed by atoms with Crippen molar-refractivity contribution in [1.29, 1.82) is 0 Å². The number of nitrogens with zero attached hydrogens (tertiary/aromatic N) is 9. The van der Waals surface area contributed by atoms with Crippen molar-refractivity contribution < 1.29 is 4.39 Å². The summed E-state index contributed by atoms with van der Waals surface area (Å²) in [6, 6.07) is 12.1. The van der Waals surface area contributed by atoms with E-state index in [2.05, 4.69) is 20.6 Å². The van der Waals surface area contributed by atoms with Crippen LogP contribution in [0.3, 0.4) is 0 Å². The molecule has 0 saturated heterocycles. The van der Waals surface area contributed by atoms with Crippen LogP contribution in [0.2, 0.25) is 0 Å². The lowest BCUT2D eigenvalue weighted by molar-refractivity contribution is 0.540. The second-order valence-corrected chi connectivity index (χ2v) is 10.6. The molecule has 0 amide bonds. The summed E-state index contributed by atoms with van der Waals surface area (Å²) < 4.78 is 24.6. The molecule has 8 aromatic rings. The highest BCUT2D eigenvalue weighted by molar-refractivity contribution is 6.12. The predicted molar refractivity (Wildman–Crippen MR) is 161 cm³/mol. The van der Waals surface area contributed by atoms with Gasteiger partial charge in [0.2, 0.25) is 11.6 Å². The number of hydrogen-bond donors (Lipinski definition) is 2. The highest BCUT2D eigenvalue weighted by atomic mass is 19.1. The summed E-state index contributed by atoms with van der Waals surface area (Å²) >= 11 is 0. The van der Waals surface area contributed by atoms with Crippen LogP contribution < -0.4 is 10.6 Å². The molecule has 0 radical (unpaired) electrons. The van der Waals surface area contributed by atoms with E-state index in [0.29, 0.717) is 11.4 Å². The zero-order valence-electron chi connectivity index (χ0n) is 23.3. The first-order valence-corrected chi connectivity index (χ1v) is 13.4. The number of anilines is 4. The fourth-order valence-corrected chi connectivity index (χ4v) is 5.76. The molecule has 12 heteroatoms. The molecule has 0 aliphatic heterocycles. The average Bonchev–Trinajstić information content (AvgIpc) is 3.78. The minimum atomic E-state index is -0.883. The van der Waals surface area contributed by atoms with Crippen molar-refractivity contribution in [3.63, 3.8) is 0 Å². The first-order chi connectivity index (χ1) is 20.3. The molecule has 7 heterocycles. The van der Waals surface area contributed by atoms with Gasteiger partial charge < -0.3 is 28.9 Å². The van der Waals surface area contributed by atoms with Crippen molar-refractivity contribution in [2.75, 3.05) is 10.6 Å². The van der Waals surface area contributed by atoms with E-state index < -0.39 is 6.08 Å². The van der Waals surface area contributed by atoms with Gasteiger partial charge in [0.15, 0.2) is 0 Å². The Bertz CT molecular complexity index is 2120. The molecule has 0 aliphatic rings. The zero-order valence-corrected chi connectivity index (χ0v) is 23.3. The largest absolute Gasteiger partial charge is 0.354 e. The van der Waals surface area contributed by atoms with Crippen LogP contribution in [0.15, 0.2) is 73.6 Å². The molecule has 0 unspecified atom stereocenters. The normalized spacial score (nSPS) is 11.9. The van der Waals surface area contributed by atoms with Gasteiger partial charge >= 0.3 is 6.08 Å². The van der Waals surface area contributed by atoms with Gasteiger partial charge in [0.25, 0.3) is 0 Å². The van der Waals surface area contributed by atoms with E-state index in [1.165, 1.54) is 0 Å². The molecule has 208 valence electrons. The summed E-state index contributed by atoms with van der Waals surface area (Å²) in [6.07, 6.45) is 11.1. The topological polar surface area (TPSA) is 99.8 Å². The Morgan fingerprint density at radius 3 is 1.52 bits per heavy atom. The molecule has 0 spiro atoms. The summed E-state index contributed by atoms with van der Waals surface area (Å²) in [6.45, 7) is 0. The Morgan fingerprint density at radius 2 is 1.10 bits per heavy atom. The maximum atomic E-state index is 14.9. The van der Waals surface area contributed by atoms with Crippen LogP contribution in [0.4, 0.5) is 27.4 Å². The van der Waals surface area contributed by atoms with Crippen LogP contribution in [0.1, 0.15) is 0 Å². The summed E-state index contributed by atoms with van der Waals surface area (Å²) in [4.78, 5) is 17.9. The van der Waals surface area contributed by atoms with Crippen molar-refractivity contribution >= 4 is 50.9 Å². The zero-order chi connectivity index (χ0) is 28.7. The standard InChI is InChI=1S/C30H26FN11/c1-38-13-19(21(15-38)32-23-7-5-11-40(23)3)25-17-9-10-18-26(35-30-37-28(31)36-29(34-25)42(30)27(17)18)20-14-39(2)16-22(20)33-24-8-6-12-41(24)4/h5-16,32-33H,1-4H3. The Hall–Kier alpha value is -5.65. The monoisotopic (exact) mass is 559 g/mol. The molecule has 0 saturated carbocycles. The van der Waals surface area contributed by atoms with Crippen molar-refractivity contribution in [2.45, 2.75) is 0 Å². The van der Waals surface area contributed by atoms with Crippen molar-refractivity contribution in [1.82, 2.24) is 42.6 Å². The molecule has 0 fully saturated rings. The molecule has 7 aromatic heterocycles. The quantitative estimate of drug-likeness (QED) is 0.276. The molecule has 0 aliphatic carbocycles. The minimum absolute atomic E-state index is 0.194. The Labute approximate surface area is 238 Å². The third-order valence-electron chi connectivity index (χ3n) is 7.70. The number of rotatable bonds is 6. The highest BCUT2D eigenvalue weighted by Crippen LogP contribution is 2.42. The SMILES string of the molecule is Cn1cc(Nc2cccn2C)c(-c2nc3nc(F)nc4nc(-c5cn(C)cc5Nc5cccn5C)c5ccc2c5n34)c1. The van der Waals surface area contributed by atoms with Gasteiger partial charge in [-0.2, -0.15) is 14.4 Å². The van der Waals surface area contributed by atoms with Crippen molar-refractivity contribution in [3.05, 3.63) is 79.7 Å². The lowest BCUT2D eigenvalue weighted by Crippen LogP contribution is -2.08. The number of aromatic nitrogens is 9. The predicted octanol–water partition coefficient (Wildman–Crippen LogP) is 5.58. The third-order valence-corrected chi connectivity index (χ3v) is 7.70. The van der Waals surface area contributed by atoms with Gasteiger partial charge in [0, 0.05) is 87.3 Å². The fourth-order valence-electron chi connectivity index (χ4n) is 5.76. The number of aryl methyl sites for hydroxylation is 4. The molecule has 42 heavy (non-hydrogen) atoms. The van der Waals surface area contributed by atoms with Gasteiger partial charge in [-0.1, -0.05) is 0 Å². The Balaban J connectivity index is 1.38. The molecular formula is C30H26FN11. The first kappa shape index (κ1) is 24.2. The van der Waals surface area contributed by atoms with E-state index in [9.17, 15) is 4.39 Å². The first-order valence-electron chi connectivity index (χ1n) is 13.4. The van der Waals surface area contributed by atoms with Crippen LogP contribution >= 0.6 is 0 Å². The molecular weight excluding hydrogens is 533 g/mol. The van der Waals surface area contributed by atoms with E-state index >= 15 is 0 Å². The molecule has 11 nitrogen and oxygen atoms in total. The van der Waals surface area contributed by atoms with Crippen molar-refractivity contribution in [2.24, 2.45) is 28.2 Å². The summed E-state index contributed by atoms with van der Waals surface area (Å²) in [5.41, 5.74) is 5.69. The third kappa shape index (κ3) is 3.58. The van der Waals surface area contributed by atoms with Gasteiger partial charge in [-0.15, -0.1) is 0 Å². The summed E-state index contributed by atoms with van der Waals surface area (Å²) in [5.74, 6) is 2.26. The van der Waals surface area contributed by atoms with Crippen LogP contribution in [0.25, 0.3) is 50.4 Å². The highest BCUT2D eigenvalue weighted by Gasteiger charge is 2.24. The lowest BCUT2D eigenvalue weighted by atomic mass is 10.1. The molecule has 0 bridgehead atoms. The summed E-state index contributed by atoms with van der Waals surface area (Å²) in [5, 5.41) is 8.82. The van der Waals surface area contributed by atoms with Crippen LogP contribution in [-0.2, 0) is 28.2 Å². The number of hydrogen-bond acceptors (Lipinski definition) is 6. The Morgan fingerprint density at radius 1 is 0.619 bits per heavy atom. The van der Waals surface area contributed by atoms with Gasteiger partial charge in [0.05, 0.1) is 28.3 Å². The maximum Gasteiger partial charge on any atom is 0.315 e. The van der Waals surface area contributed by atoms with E-state index in [1.54, 1.807) is 4.40 Å². The smallest absolute Gasteiger partial charge is 0.315 e. The number of nitrogens with one attached hydrogen (secondary N) is 2. The fraction of sp³-hybridized carbons (Fsp3) is 0.133. The molecule has 2 N–H and O–H groups in total. The van der Waals surface area contributed by atoms with Gasteiger partial charge in [0.1, 0.15) is 11.6 Å². The van der Waals surface area contributed by atoms with E-state index in [1.807, 2.05) is 120 Å². The van der Waals surface area contributed by atoms with Gasteiger partial charge in [-0.25, -0.2) is 14.4 Å². The second kappa shape index (κ2) is 8.67. The van der Waals surface area contributed by atoms with E-state index in [-0.39, 0.29) is 11.6 Å². The molecule has 0 atom stereocenters. The lowest BCUT2D eigenvalue weighted by Gasteiger charge is -2.14. The van der Waals surface area contributed by atoms with Crippen LogP contribution in [0.5, 0.6) is 0 Å². The van der Waals surface area contributed by atoms with Crippen LogP contribution in [-0.4, -0.2) is 42.6 Å². The van der Waals surface area contributed by atoms with Crippen LogP contribution in [0, 0.1) is 6.08 Å². The maximum absolute atomic E-state index is 14.9. The average molecular weight is 560 g/mol.